The van der Waals surface area contributed by atoms with Crippen molar-refractivity contribution in [2.45, 2.75) is 12.6 Å². The highest BCUT2D eigenvalue weighted by Crippen LogP contribution is 1.87. The van der Waals surface area contributed by atoms with E-state index in [0.29, 0.717) is 5.82 Å². The number of carboxylic acids is 1. The summed E-state index contributed by atoms with van der Waals surface area (Å²) in [6.07, 6.45) is 1.47. The molecule has 1 aromatic heterocycles. The van der Waals surface area contributed by atoms with Gasteiger partial charge >= 0.3 is 12.0 Å². The number of carbonyl (C=O) groups is 2. The van der Waals surface area contributed by atoms with Gasteiger partial charge in [0.15, 0.2) is 11.9 Å². The number of nitrogens with zero attached hydrogens (tertiary/aromatic N) is 3. The molecule has 0 spiro atoms. The highest BCUT2D eigenvalue weighted by molar-refractivity contribution is 5.82. The summed E-state index contributed by atoms with van der Waals surface area (Å²) >= 11 is 0. The molecule has 0 aliphatic heterocycles. The van der Waals surface area contributed by atoms with E-state index in [1.54, 1.807) is 7.05 Å². The molecule has 1 heterocycles. The minimum atomic E-state index is -1.33. The quantitative estimate of drug-likeness (QED) is 0.476. The molecule has 1 aromatic rings. The standard InChI is InChI=1S/C8H13N5O4/c1-13-4-10-6(12-13)2-9-8(17)11-5(3-14)7(15)16/h4-5,14H,2-3H2,1H3,(H,15,16)(H2,9,11,17)/t5-/m1/s1. The van der Waals surface area contributed by atoms with Crippen molar-refractivity contribution in [3.63, 3.8) is 0 Å². The number of rotatable bonds is 5. The van der Waals surface area contributed by atoms with Crippen molar-refractivity contribution in [2.24, 2.45) is 7.05 Å². The number of nitrogens with one attached hydrogen (secondary N) is 2. The van der Waals surface area contributed by atoms with E-state index < -0.39 is 24.6 Å². The molecule has 0 aliphatic rings. The van der Waals surface area contributed by atoms with Gasteiger partial charge in [0.2, 0.25) is 0 Å². The Hall–Kier alpha value is -2.16. The summed E-state index contributed by atoms with van der Waals surface area (Å²) in [6.45, 7) is -0.602. The Bertz CT molecular complexity index is 404. The molecule has 4 N–H and O–H groups in total. The van der Waals surface area contributed by atoms with Crippen LogP contribution >= 0.6 is 0 Å². The number of hydrogen-bond donors (Lipinski definition) is 4. The molecule has 0 radical (unpaired) electrons. The molecule has 17 heavy (non-hydrogen) atoms. The maximum absolute atomic E-state index is 11.2. The van der Waals surface area contributed by atoms with Crippen molar-refractivity contribution in [2.75, 3.05) is 6.61 Å². The van der Waals surface area contributed by atoms with E-state index >= 15 is 0 Å². The molecule has 0 unspecified atom stereocenters. The zero-order valence-electron chi connectivity index (χ0n) is 9.12. The Morgan fingerprint density at radius 3 is 2.76 bits per heavy atom. The van der Waals surface area contributed by atoms with Gasteiger partial charge in [-0.3, -0.25) is 4.68 Å². The lowest BCUT2D eigenvalue weighted by Gasteiger charge is -2.11. The second kappa shape index (κ2) is 5.80. The molecule has 0 saturated carbocycles. The number of carboxylic acid groups (broad SMARTS) is 1. The summed E-state index contributed by atoms with van der Waals surface area (Å²) in [4.78, 5) is 25.6. The number of amides is 2. The monoisotopic (exact) mass is 243 g/mol. The highest BCUT2D eigenvalue weighted by Gasteiger charge is 2.18. The van der Waals surface area contributed by atoms with Crippen LogP contribution in [0.15, 0.2) is 6.33 Å². The summed E-state index contributed by atoms with van der Waals surface area (Å²) in [5.41, 5.74) is 0. The molecule has 0 saturated heterocycles. The number of aliphatic hydroxyl groups excluding tert-OH is 1. The predicted octanol–water partition coefficient (Wildman–Crippen LogP) is -1.94. The van der Waals surface area contributed by atoms with Crippen molar-refractivity contribution in [1.82, 2.24) is 25.4 Å². The maximum Gasteiger partial charge on any atom is 0.328 e. The second-order valence-corrected chi connectivity index (χ2v) is 3.23. The van der Waals surface area contributed by atoms with Crippen LogP contribution in [0, 0.1) is 0 Å². The Kier molecular flexibility index (Phi) is 4.40. The van der Waals surface area contributed by atoms with Crippen molar-refractivity contribution in [3.05, 3.63) is 12.2 Å². The Morgan fingerprint density at radius 1 is 1.59 bits per heavy atom. The molecular weight excluding hydrogens is 230 g/mol. The lowest BCUT2D eigenvalue weighted by atomic mass is 10.3. The Morgan fingerprint density at radius 2 is 2.29 bits per heavy atom. The molecular formula is C8H13N5O4. The molecule has 9 heteroatoms. The van der Waals surface area contributed by atoms with Crippen LogP contribution in [0.1, 0.15) is 5.82 Å². The summed E-state index contributed by atoms with van der Waals surface area (Å²) < 4.78 is 1.47. The minimum absolute atomic E-state index is 0.0739. The number of hydrogen-bond acceptors (Lipinski definition) is 5. The van der Waals surface area contributed by atoms with Crippen LogP contribution in [0.5, 0.6) is 0 Å². The first kappa shape index (κ1) is 12.9. The summed E-state index contributed by atoms with van der Waals surface area (Å²) in [6, 6.07) is -2.04. The number of aromatic nitrogens is 3. The van der Waals surface area contributed by atoms with Crippen LogP contribution in [0.4, 0.5) is 4.79 Å². The Labute approximate surface area is 96.5 Å². The van der Waals surface area contributed by atoms with Crippen LogP contribution in [0.2, 0.25) is 0 Å². The van der Waals surface area contributed by atoms with Gasteiger partial charge in [0.1, 0.15) is 6.33 Å². The van der Waals surface area contributed by atoms with Crippen LogP contribution in [-0.2, 0) is 18.4 Å². The first-order valence-corrected chi connectivity index (χ1v) is 4.75. The van der Waals surface area contributed by atoms with Gasteiger partial charge in [-0.2, -0.15) is 5.10 Å². The average Bonchev–Trinajstić information content (AvgIpc) is 2.68. The van der Waals surface area contributed by atoms with Crippen molar-refractivity contribution < 1.29 is 19.8 Å². The molecule has 9 nitrogen and oxygen atoms in total. The molecule has 0 aromatic carbocycles. The lowest BCUT2D eigenvalue weighted by Crippen LogP contribution is -2.47. The van der Waals surface area contributed by atoms with Crippen molar-refractivity contribution in [1.29, 1.82) is 0 Å². The molecule has 0 bridgehead atoms. The first-order valence-electron chi connectivity index (χ1n) is 4.75. The second-order valence-electron chi connectivity index (χ2n) is 3.23. The lowest BCUT2D eigenvalue weighted by molar-refractivity contribution is -0.140. The zero-order chi connectivity index (χ0) is 12.8. The third-order valence-electron chi connectivity index (χ3n) is 1.84. The van der Waals surface area contributed by atoms with Gasteiger partial charge in [0, 0.05) is 7.05 Å². The third kappa shape index (κ3) is 4.07. The van der Waals surface area contributed by atoms with E-state index in [-0.39, 0.29) is 6.54 Å². The van der Waals surface area contributed by atoms with Crippen LogP contribution in [0.3, 0.4) is 0 Å². The number of carbonyl (C=O) groups excluding carboxylic acids is 1. The molecule has 1 rings (SSSR count). The number of urea groups is 1. The largest absolute Gasteiger partial charge is 0.480 e. The first-order chi connectivity index (χ1) is 8.02. The van der Waals surface area contributed by atoms with Gasteiger partial charge in [-0.05, 0) is 0 Å². The van der Waals surface area contributed by atoms with Crippen LogP contribution in [0.25, 0.3) is 0 Å². The van der Waals surface area contributed by atoms with E-state index in [0.717, 1.165) is 0 Å². The summed E-state index contributed by atoms with van der Waals surface area (Å²) in [7, 11) is 1.68. The molecule has 0 aliphatic carbocycles. The topological polar surface area (TPSA) is 129 Å². The molecule has 1 atom stereocenters. The fourth-order valence-electron chi connectivity index (χ4n) is 1.02. The van der Waals surface area contributed by atoms with E-state index in [1.165, 1.54) is 11.0 Å². The third-order valence-corrected chi connectivity index (χ3v) is 1.84. The molecule has 94 valence electrons. The van der Waals surface area contributed by atoms with E-state index in [4.69, 9.17) is 10.2 Å². The Balaban J connectivity index is 2.37. The number of aryl methyl sites for hydroxylation is 1. The normalized spacial score (nSPS) is 11.9. The smallest absolute Gasteiger partial charge is 0.328 e. The van der Waals surface area contributed by atoms with Gasteiger partial charge in [0.25, 0.3) is 0 Å². The van der Waals surface area contributed by atoms with Crippen molar-refractivity contribution >= 4 is 12.0 Å². The van der Waals surface area contributed by atoms with E-state index in [1.807, 2.05) is 0 Å². The fraction of sp³-hybridized carbons (Fsp3) is 0.500. The van der Waals surface area contributed by atoms with Gasteiger partial charge in [-0.25, -0.2) is 14.6 Å². The van der Waals surface area contributed by atoms with Gasteiger partial charge < -0.3 is 20.8 Å². The van der Waals surface area contributed by atoms with Crippen LogP contribution in [-0.4, -0.2) is 49.6 Å². The number of aliphatic hydroxyl groups is 1. The SMILES string of the molecule is Cn1cnc(CNC(=O)N[C@H](CO)C(=O)O)n1. The minimum Gasteiger partial charge on any atom is -0.480 e. The van der Waals surface area contributed by atoms with E-state index in [2.05, 4.69) is 20.7 Å². The van der Waals surface area contributed by atoms with Gasteiger partial charge in [-0.15, -0.1) is 0 Å². The van der Waals surface area contributed by atoms with Gasteiger partial charge in [-0.1, -0.05) is 0 Å². The maximum atomic E-state index is 11.2. The number of aliphatic carboxylic acids is 1. The van der Waals surface area contributed by atoms with Gasteiger partial charge in [0.05, 0.1) is 13.2 Å². The van der Waals surface area contributed by atoms with Crippen LogP contribution < -0.4 is 10.6 Å². The molecule has 0 fully saturated rings. The zero-order valence-corrected chi connectivity index (χ0v) is 9.12. The molecule has 2 amide bonds. The predicted molar refractivity (Wildman–Crippen MR) is 54.9 cm³/mol. The highest BCUT2D eigenvalue weighted by atomic mass is 16.4. The summed E-state index contributed by atoms with van der Waals surface area (Å²) in [5, 5.41) is 25.6. The average molecular weight is 243 g/mol. The van der Waals surface area contributed by atoms with E-state index in [9.17, 15) is 9.59 Å². The van der Waals surface area contributed by atoms with Crippen molar-refractivity contribution in [3.8, 4) is 0 Å². The summed E-state index contributed by atoms with van der Waals surface area (Å²) in [5.74, 6) is -0.905. The fourth-order valence-corrected chi connectivity index (χ4v) is 1.02.